The Morgan fingerprint density at radius 2 is 0.884 bits per heavy atom. The molecule has 5 aromatic carbocycles. The topological polar surface area (TPSA) is 46.2 Å². The third kappa shape index (κ3) is 7.63. The molecule has 0 bridgehead atoms. The first-order valence-corrected chi connectivity index (χ1v) is 14.6. The zero-order valence-electron chi connectivity index (χ0n) is 24.5. The molecule has 1 aliphatic heterocycles. The molecule has 0 N–H and O–H groups in total. The van der Waals surface area contributed by atoms with Gasteiger partial charge in [0.15, 0.2) is 5.79 Å². The van der Waals surface area contributed by atoms with Gasteiger partial charge in [-0.3, -0.25) is 0 Å². The Morgan fingerprint density at radius 1 is 0.465 bits per heavy atom. The third-order valence-electron chi connectivity index (χ3n) is 7.28. The van der Waals surface area contributed by atoms with Gasteiger partial charge < -0.3 is 23.7 Å². The molecule has 0 amide bonds. The van der Waals surface area contributed by atoms with Crippen molar-refractivity contribution in [1.29, 1.82) is 0 Å². The third-order valence-corrected chi connectivity index (χ3v) is 7.28. The van der Waals surface area contributed by atoms with Crippen LogP contribution < -0.4 is 14.2 Å². The molecule has 2 atom stereocenters. The first kappa shape index (κ1) is 28.5. The Kier molecular flexibility index (Phi) is 8.73. The van der Waals surface area contributed by atoms with Crippen molar-refractivity contribution < 1.29 is 23.7 Å². The Morgan fingerprint density at radius 3 is 1.40 bits per heavy atom. The van der Waals surface area contributed by atoms with Crippen LogP contribution in [0.2, 0.25) is 0 Å². The molecular formula is C38H36O5. The summed E-state index contributed by atoms with van der Waals surface area (Å²) in [6.45, 7) is 5.29. The van der Waals surface area contributed by atoms with Gasteiger partial charge >= 0.3 is 0 Å². The summed E-state index contributed by atoms with van der Waals surface area (Å²) < 4.78 is 31.5. The smallest absolute Gasteiger partial charge is 0.164 e. The molecule has 1 saturated heterocycles. The molecule has 218 valence electrons. The normalized spacial score (nSPS) is 17.3. The summed E-state index contributed by atoms with van der Waals surface area (Å²) >= 11 is 0. The first-order valence-electron chi connectivity index (χ1n) is 14.6. The highest BCUT2D eigenvalue weighted by atomic mass is 16.8. The predicted molar refractivity (Wildman–Crippen MR) is 167 cm³/mol. The molecule has 0 aliphatic carbocycles. The number of hydrogen-bond acceptors (Lipinski definition) is 5. The highest BCUT2D eigenvalue weighted by molar-refractivity contribution is 5.41. The molecule has 0 radical (unpaired) electrons. The van der Waals surface area contributed by atoms with Crippen LogP contribution in [0.4, 0.5) is 0 Å². The van der Waals surface area contributed by atoms with Crippen molar-refractivity contribution in [2.45, 2.75) is 51.7 Å². The summed E-state index contributed by atoms with van der Waals surface area (Å²) in [4.78, 5) is 0. The minimum absolute atomic E-state index is 0.314. The molecule has 0 saturated carbocycles. The fourth-order valence-corrected chi connectivity index (χ4v) is 5.14. The molecule has 6 rings (SSSR count). The maximum atomic E-state index is 6.51. The van der Waals surface area contributed by atoms with Gasteiger partial charge in [0.25, 0.3) is 0 Å². The van der Waals surface area contributed by atoms with Gasteiger partial charge in [-0.15, -0.1) is 0 Å². The van der Waals surface area contributed by atoms with E-state index in [0.29, 0.717) is 31.3 Å². The van der Waals surface area contributed by atoms with Crippen molar-refractivity contribution >= 4 is 0 Å². The van der Waals surface area contributed by atoms with Gasteiger partial charge in [0, 0.05) is 6.07 Å². The summed E-state index contributed by atoms with van der Waals surface area (Å²) in [6.07, 6.45) is -0.675. The molecule has 43 heavy (non-hydrogen) atoms. The van der Waals surface area contributed by atoms with Crippen molar-refractivity contribution in [2.24, 2.45) is 0 Å². The van der Waals surface area contributed by atoms with Crippen LogP contribution >= 0.6 is 0 Å². The van der Waals surface area contributed by atoms with Gasteiger partial charge in [0.2, 0.25) is 0 Å². The van der Waals surface area contributed by atoms with Crippen LogP contribution in [0.1, 0.15) is 53.9 Å². The summed E-state index contributed by atoms with van der Waals surface area (Å²) in [7, 11) is 0. The fourth-order valence-electron chi connectivity index (χ4n) is 5.14. The van der Waals surface area contributed by atoms with Gasteiger partial charge in [0.05, 0.1) is 0 Å². The Hall–Kier alpha value is -4.58. The minimum atomic E-state index is -0.767. The highest BCUT2D eigenvalue weighted by Crippen LogP contribution is 2.48. The van der Waals surface area contributed by atoms with Crippen LogP contribution in [-0.2, 0) is 29.3 Å². The number of ether oxygens (including phenoxy) is 5. The lowest BCUT2D eigenvalue weighted by molar-refractivity contribution is -0.147. The molecule has 5 nitrogen and oxygen atoms in total. The summed E-state index contributed by atoms with van der Waals surface area (Å²) in [5, 5.41) is 0. The second kappa shape index (κ2) is 13.2. The Bertz CT molecular complexity index is 1520. The average molecular weight is 573 g/mol. The average Bonchev–Trinajstić information content (AvgIpc) is 3.39. The summed E-state index contributed by atoms with van der Waals surface area (Å²) in [6, 6.07) is 44.4. The number of rotatable bonds is 11. The molecule has 1 fully saturated rings. The maximum absolute atomic E-state index is 6.51. The standard InChI is InChI=1S/C38H36O5/c1-38(2)42-36(31-20-18-30(19-21-31)27-39-33-16-10-5-11-17-33)37(43-38)32-22-34(40-25-28-12-6-3-7-13-28)24-35(23-32)41-26-29-14-8-4-9-15-29/h3-24,36-37H,25-27H2,1-2H3/t36-,37+/m0/s1. The Balaban J connectivity index is 1.24. The lowest BCUT2D eigenvalue weighted by atomic mass is 9.97. The molecule has 1 aliphatic rings. The van der Waals surface area contributed by atoms with Crippen molar-refractivity contribution in [3.8, 4) is 17.2 Å². The van der Waals surface area contributed by atoms with Crippen LogP contribution in [0.25, 0.3) is 0 Å². The van der Waals surface area contributed by atoms with E-state index >= 15 is 0 Å². The molecule has 0 aromatic heterocycles. The van der Waals surface area contributed by atoms with Crippen LogP contribution in [-0.4, -0.2) is 5.79 Å². The van der Waals surface area contributed by atoms with E-state index in [0.717, 1.165) is 33.6 Å². The van der Waals surface area contributed by atoms with E-state index in [2.05, 4.69) is 48.5 Å². The van der Waals surface area contributed by atoms with E-state index in [9.17, 15) is 0 Å². The van der Waals surface area contributed by atoms with E-state index in [1.54, 1.807) is 0 Å². The van der Waals surface area contributed by atoms with E-state index < -0.39 is 5.79 Å². The maximum Gasteiger partial charge on any atom is 0.164 e. The van der Waals surface area contributed by atoms with E-state index in [1.165, 1.54) is 0 Å². The molecule has 5 heteroatoms. The predicted octanol–water partition coefficient (Wildman–Crippen LogP) is 8.99. The van der Waals surface area contributed by atoms with Crippen LogP contribution in [0.15, 0.2) is 133 Å². The van der Waals surface area contributed by atoms with E-state index in [-0.39, 0.29) is 12.2 Å². The van der Waals surface area contributed by atoms with Gasteiger partial charge in [-0.2, -0.15) is 0 Å². The lowest BCUT2D eigenvalue weighted by Crippen LogP contribution is -2.20. The van der Waals surface area contributed by atoms with Gasteiger partial charge in [-0.1, -0.05) is 103 Å². The summed E-state index contributed by atoms with van der Waals surface area (Å²) in [5.41, 5.74) is 5.23. The zero-order valence-corrected chi connectivity index (χ0v) is 24.5. The number of hydrogen-bond donors (Lipinski definition) is 0. The van der Waals surface area contributed by atoms with E-state index in [1.807, 2.05) is 98.8 Å². The lowest BCUT2D eigenvalue weighted by Gasteiger charge is -2.20. The SMILES string of the molecule is CC1(C)O[C@H](c2cc(OCc3ccccc3)cc(OCc3ccccc3)c2)[C@H](c2ccc(COc3ccccc3)cc2)O1. The highest BCUT2D eigenvalue weighted by Gasteiger charge is 2.43. The van der Waals surface area contributed by atoms with Gasteiger partial charge in [0.1, 0.15) is 49.3 Å². The van der Waals surface area contributed by atoms with Crippen LogP contribution in [0, 0.1) is 0 Å². The largest absolute Gasteiger partial charge is 0.489 e. The zero-order chi connectivity index (χ0) is 29.5. The molecular weight excluding hydrogens is 536 g/mol. The second-order valence-electron chi connectivity index (χ2n) is 11.1. The Labute approximate surface area is 253 Å². The van der Waals surface area contributed by atoms with Crippen LogP contribution in [0.5, 0.6) is 17.2 Å². The fraction of sp³-hybridized carbons (Fsp3) is 0.211. The van der Waals surface area contributed by atoms with Gasteiger partial charge in [-0.25, -0.2) is 0 Å². The minimum Gasteiger partial charge on any atom is -0.489 e. The second-order valence-corrected chi connectivity index (χ2v) is 11.1. The van der Waals surface area contributed by atoms with Crippen molar-refractivity contribution in [3.63, 3.8) is 0 Å². The van der Waals surface area contributed by atoms with Crippen LogP contribution in [0.3, 0.4) is 0 Å². The monoisotopic (exact) mass is 572 g/mol. The van der Waals surface area contributed by atoms with Gasteiger partial charge in [-0.05, 0) is 65.9 Å². The number of para-hydroxylation sites is 1. The van der Waals surface area contributed by atoms with E-state index in [4.69, 9.17) is 23.7 Å². The van der Waals surface area contributed by atoms with Crippen molar-refractivity contribution in [2.75, 3.05) is 0 Å². The molecule has 5 aromatic rings. The summed E-state index contributed by atoms with van der Waals surface area (Å²) in [5.74, 6) is 1.51. The quantitative estimate of drug-likeness (QED) is 0.158. The van der Waals surface area contributed by atoms with Crippen molar-refractivity contribution in [1.82, 2.24) is 0 Å². The molecule has 0 unspecified atom stereocenters. The molecule has 1 heterocycles. The van der Waals surface area contributed by atoms with Crippen molar-refractivity contribution in [3.05, 3.63) is 161 Å². The first-order chi connectivity index (χ1) is 21.0. The molecule has 0 spiro atoms. The number of benzene rings is 5.